The number of amides is 1. The molecule has 7 heteroatoms. The van der Waals surface area contributed by atoms with Crippen molar-refractivity contribution in [2.75, 3.05) is 19.7 Å². The number of hydrogen-bond acceptors (Lipinski definition) is 6. The van der Waals surface area contributed by atoms with Gasteiger partial charge in [0.15, 0.2) is 0 Å². The highest BCUT2D eigenvalue weighted by molar-refractivity contribution is 7.11. The van der Waals surface area contributed by atoms with Crippen molar-refractivity contribution in [1.82, 2.24) is 19.9 Å². The number of rotatable bonds is 4. The number of carbonyl (C=O) groups is 1. The smallest absolute Gasteiger partial charge is 0.265 e. The third-order valence-corrected chi connectivity index (χ3v) is 4.41. The van der Waals surface area contributed by atoms with Crippen LogP contribution < -0.4 is 0 Å². The number of hydrogen-bond donors (Lipinski definition) is 0. The van der Waals surface area contributed by atoms with Gasteiger partial charge in [-0.25, -0.2) is 9.97 Å². The van der Waals surface area contributed by atoms with Gasteiger partial charge in [-0.05, 0) is 25.8 Å². The van der Waals surface area contributed by atoms with Crippen molar-refractivity contribution in [3.05, 3.63) is 40.4 Å². The molecule has 1 aliphatic rings. The molecule has 6 nitrogen and oxygen atoms in total. The maximum Gasteiger partial charge on any atom is 0.265 e. The van der Waals surface area contributed by atoms with Crippen molar-refractivity contribution >= 4 is 17.2 Å². The van der Waals surface area contributed by atoms with Crippen molar-refractivity contribution in [2.45, 2.75) is 25.9 Å². The van der Waals surface area contributed by atoms with Gasteiger partial charge in [-0.3, -0.25) is 9.78 Å². The fourth-order valence-electron chi connectivity index (χ4n) is 2.51. The van der Waals surface area contributed by atoms with Crippen molar-refractivity contribution in [1.29, 1.82) is 0 Å². The van der Waals surface area contributed by atoms with E-state index in [0.29, 0.717) is 24.6 Å². The zero-order valence-corrected chi connectivity index (χ0v) is 13.3. The van der Waals surface area contributed by atoms with Crippen LogP contribution >= 0.6 is 11.3 Å². The summed E-state index contributed by atoms with van der Waals surface area (Å²) in [7, 11) is 0. The fraction of sp³-hybridized carbons (Fsp3) is 0.467. The minimum Gasteiger partial charge on any atom is -0.375 e. The maximum absolute atomic E-state index is 12.3. The second kappa shape index (κ2) is 6.93. The van der Waals surface area contributed by atoms with Crippen LogP contribution in [0.4, 0.5) is 0 Å². The van der Waals surface area contributed by atoms with Crippen molar-refractivity contribution < 1.29 is 9.53 Å². The lowest BCUT2D eigenvalue weighted by Crippen LogP contribution is -2.45. The Hall–Kier alpha value is -1.86. The molecule has 0 aromatic carbocycles. The molecule has 0 radical (unpaired) electrons. The average molecular weight is 318 g/mol. The number of thiazole rings is 1. The zero-order chi connectivity index (χ0) is 15.4. The number of nitrogens with zero attached hydrogens (tertiary/aromatic N) is 4. The Balaban J connectivity index is 1.55. The van der Waals surface area contributed by atoms with Crippen LogP contribution in [0.3, 0.4) is 0 Å². The predicted molar refractivity (Wildman–Crippen MR) is 82.8 cm³/mol. The van der Waals surface area contributed by atoms with Gasteiger partial charge < -0.3 is 9.64 Å². The van der Waals surface area contributed by atoms with Crippen LogP contribution in [0.25, 0.3) is 0 Å². The Morgan fingerprint density at radius 1 is 1.50 bits per heavy atom. The molecular formula is C15H18N4O2S. The molecule has 22 heavy (non-hydrogen) atoms. The minimum atomic E-state index is 0.0497. The van der Waals surface area contributed by atoms with Gasteiger partial charge in [0.25, 0.3) is 5.91 Å². The summed E-state index contributed by atoms with van der Waals surface area (Å²) in [4.78, 5) is 27.2. The van der Waals surface area contributed by atoms with E-state index in [1.165, 1.54) is 11.3 Å². The summed E-state index contributed by atoms with van der Waals surface area (Å²) in [6.07, 6.45) is 4.95. The molecule has 116 valence electrons. The molecule has 1 saturated heterocycles. The van der Waals surface area contributed by atoms with Crippen LogP contribution in [0.1, 0.15) is 27.5 Å². The van der Waals surface area contributed by atoms with E-state index in [-0.39, 0.29) is 12.0 Å². The Morgan fingerprint density at radius 2 is 2.41 bits per heavy atom. The van der Waals surface area contributed by atoms with Crippen LogP contribution in [-0.2, 0) is 11.2 Å². The molecule has 0 spiro atoms. The first-order valence-corrected chi connectivity index (χ1v) is 8.17. The Bertz CT molecular complexity index is 632. The van der Waals surface area contributed by atoms with Crippen LogP contribution in [-0.4, -0.2) is 51.6 Å². The fourth-order valence-corrected chi connectivity index (χ4v) is 3.10. The molecule has 1 fully saturated rings. The Labute approximate surface area is 133 Å². The first-order valence-electron chi connectivity index (χ1n) is 7.29. The van der Waals surface area contributed by atoms with Gasteiger partial charge in [-0.1, -0.05) is 0 Å². The highest BCUT2D eigenvalue weighted by Gasteiger charge is 2.25. The molecular weight excluding hydrogens is 300 g/mol. The van der Waals surface area contributed by atoms with Crippen LogP contribution in [0.5, 0.6) is 0 Å². The van der Waals surface area contributed by atoms with E-state index in [4.69, 9.17) is 4.74 Å². The zero-order valence-electron chi connectivity index (χ0n) is 12.4. The van der Waals surface area contributed by atoms with Gasteiger partial charge in [-0.15, -0.1) is 11.3 Å². The number of aryl methyl sites for hydroxylation is 2. The second-order valence-corrected chi connectivity index (χ2v) is 6.19. The van der Waals surface area contributed by atoms with Crippen molar-refractivity contribution in [3.63, 3.8) is 0 Å². The number of aromatic nitrogens is 3. The second-order valence-electron chi connectivity index (χ2n) is 5.30. The van der Waals surface area contributed by atoms with E-state index in [1.807, 2.05) is 17.9 Å². The lowest BCUT2D eigenvalue weighted by Gasteiger charge is -2.32. The highest BCUT2D eigenvalue weighted by Crippen LogP contribution is 2.16. The molecule has 1 aliphatic heterocycles. The van der Waals surface area contributed by atoms with Crippen molar-refractivity contribution in [2.24, 2.45) is 0 Å². The molecule has 0 bridgehead atoms. The summed E-state index contributed by atoms with van der Waals surface area (Å²) in [5.74, 6) is 0.0497. The standard InChI is InChI=1S/C15H18N4O2S/c1-11-6-12(18-9-17-11)2-3-13-8-19(4-5-21-13)15(20)14-7-16-10-22-14/h6-7,9-10,13H,2-5,8H2,1H3/t13-/m0/s1. The van der Waals surface area contributed by atoms with Gasteiger partial charge in [0.1, 0.15) is 11.2 Å². The molecule has 2 aromatic rings. The largest absolute Gasteiger partial charge is 0.375 e. The summed E-state index contributed by atoms with van der Waals surface area (Å²) < 4.78 is 5.78. The van der Waals surface area contributed by atoms with Gasteiger partial charge in [0, 0.05) is 24.5 Å². The lowest BCUT2D eigenvalue weighted by molar-refractivity contribution is -0.0245. The minimum absolute atomic E-state index is 0.0497. The molecule has 1 amide bonds. The number of carbonyl (C=O) groups excluding carboxylic acids is 1. The van der Waals surface area contributed by atoms with Crippen molar-refractivity contribution in [3.8, 4) is 0 Å². The van der Waals surface area contributed by atoms with E-state index in [9.17, 15) is 4.79 Å². The summed E-state index contributed by atoms with van der Waals surface area (Å²) in [5.41, 5.74) is 3.67. The first-order chi connectivity index (χ1) is 10.7. The molecule has 1 atom stereocenters. The maximum atomic E-state index is 12.3. The molecule has 0 aliphatic carbocycles. The monoisotopic (exact) mass is 318 g/mol. The van der Waals surface area contributed by atoms with E-state index in [0.717, 1.165) is 24.2 Å². The number of ether oxygens (including phenoxy) is 1. The Morgan fingerprint density at radius 3 is 3.18 bits per heavy atom. The SMILES string of the molecule is Cc1cc(CC[C@H]2CN(C(=O)c3cncs3)CCO2)ncn1. The highest BCUT2D eigenvalue weighted by atomic mass is 32.1. The van der Waals surface area contributed by atoms with Crippen LogP contribution in [0, 0.1) is 6.92 Å². The van der Waals surface area contributed by atoms with Crippen LogP contribution in [0.2, 0.25) is 0 Å². The van der Waals surface area contributed by atoms with E-state index < -0.39 is 0 Å². The van der Waals surface area contributed by atoms with Gasteiger partial charge in [0.05, 0.1) is 24.4 Å². The molecule has 3 heterocycles. The molecule has 0 unspecified atom stereocenters. The van der Waals surface area contributed by atoms with Gasteiger partial charge in [-0.2, -0.15) is 0 Å². The summed E-state index contributed by atoms with van der Waals surface area (Å²) in [6.45, 7) is 3.80. The quantitative estimate of drug-likeness (QED) is 0.858. The predicted octanol–water partition coefficient (Wildman–Crippen LogP) is 1.72. The van der Waals surface area contributed by atoms with Crippen LogP contribution in [0.15, 0.2) is 24.1 Å². The Kier molecular flexibility index (Phi) is 4.74. The normalized spacial score (nSPS) is 18.4. The summed E-state index contributed by atoms with van der Waals surface area (Å²) in [6, 6.07) is 1.99. The summed E-state index contributed by atoms with van der Waals surface area (Å²) >= 11 is 1.38. The van der Waals surface area contributed by atoms with E-state index >= 15 is 0 Å². The van der Waals surface area contributed by atoms with Gasteiger partial charge in [0.2, 0.25) is 0 Å². The first kappa shape index (κ1) is 15.1. The molecule has 0 saturated carbocycles. The molecule has 2 aromatic heterocycles. The van der Waals surface area contributed by atoms with Gasteiger partial charge >= 0.3 is 0 Å². The summed E-state index contributed by atoms with van der Waals surface area (Å²) in [5, 5.41) is 0. The average Bonchev–Trinajstić information content (AvgIpc) is 3.07. The number of morpholine rings is 1. The lowest BCUT2D eigenvalue weighted by atomic mass is 10.1. The van der Waals surface area contributed by atoms with E-state index in [2.05, 4.69) is 15.0 Å². The molecule has 3 rings (SSSR count). The third kappa shape index (κ3) is 3.66. The topological polar surface area (TPSA) is 68.2 Å². The molecule has 0 N–H and O–H groups in total. The van der Waals surface area contributed by atoms with E-state index in [1.54, 1.807) is 18.0 Å². The third-order valence-electron chi connectivity index (χ3n) is 3.65.